The highest BCUT2D eigenvalue weighted by Gasteiger charge is 2.30. The van der Waals surface area contributed by atoms with E-state index in [-0.39, 0.29) is 12.5 Å². The molecule has 2 aromatic carbocycles. The molecule has 0 spiro atoms. The summed E-state index contributed by atoms with van der Waals surface area (Å²) in [6, 6.07) is 13.3. The van der Waals surface area contributed by atoms with Gasteiger partial charge in [-0.05, 0) is 43.5 Å². The summed E-state index contributed by atoms with van der Waals surface area (Å²) in [7, 11) is -3.78. The van der Waals surface area contributed by atoms with Crippen LogP contribution in [0.2, 0.25) is 5.02 Å². The van der Waals surface area contributed by atoms with Gasteiger partial charge in [0.15, 0.2) is 0 Å². The molecule has 1 N–H and O–H groups in total. The van der Waals surface area contributed by atoms with Crippen LogP contribution in [0.1, 0.15) is 31.4 Å². The highest BCUT2D eigenvalue weighted by Crippen LogP contribution is 2.25. The average molecular weight is 480 g/mol. The molecular weight excluding hydrogens is 450 g/mol. The Morgan fingerprint density at radius 1 is 1.12 bits per heavy atom. The van der Waals surface area contributed by atoms with Gasteiger partial charge in [0.05, 0.1) is 11.9 Å². The smallest absolute Gasteiger partial charge is 0.244 e. The van der Waals surface area contributed by atoms with Crippen molar-refractivity contribution in [3.8, 4) is 0 Å². The summed E-state index contributed by atoms with van der Waals surface area (Å²) in [6.07, 6.45) is 1.80. The summed E-state index contributed by atoms with van der Waals surface area (Å²) in [5.74, 6) is -0.782. The van der Waals surface area contributed by atoms with Gasteiger partial charge in [-0.25, -0.2) is 8.42 Å². The van der Waals surface area contributed by atoms with Crippen LogP contribution in [0.3, 0.4) is 0 Å². The number of nitrogens with zero attached hydrogens (tertiary/aromatic N) is 2. The summed E-state index contributed by atoms with van der Waals surface area (Å²) in [5.41, 5.74) is 1.92. The molecule has 0 saturated carbocycles. The molecule has 174 valence electrons. The maximum atomic E-state index is 13.4. The van der Waals surface area contributed by atoms with Gasteiger partial charge in [0, 0.05) is 18.1 Å². The molecule has 0 aliphatic rings. The lowest BCUT2D eigenvalue weighted by molar-refractivity contribution is -0.139. The fourth-order valence-corrected chi connectivity index (χ4v) is 4.13. The van der Waals surface area contributed by atoms with Crippen LogP contribution in [0.5, 0.6) is 0 Å². The Morgan fingerprint density at radius 3 is 2.34 bits per heavy atom. The van der Waals surface area contributed by atoms with E-state index >= 15 is 0 Å². The molecule has 2 aromatic rings. The van der Waals surface area contributed by atoms with E-state index in [1.807, 2.05) is 37.3 Å². The SMILES string of the molecule is CCCNC(=O)[C@@H](C)N(Cc1ccccc1)C(=O)CN(c1ccc(C)c(Cl)c1)S(C)(=O)=O. The van der Waals surface area contributed by atoms with Crippen LogP contribution in [0.25, 0.3) is 0 Å². The number of benzene rings is 2. The fourth-order valence-electron chi connectivity index (χ4n) is 3.11. The maximum Gasteiger partial charge on any atom is 0.244 e. The van der Waals surface area contributed by atoms with Crippen LogP contribution in [-0.2, 0) is 26.2 Å². The summed E-state index contributed by atoms with van der Waals surface area (Å²) >= 11 is 6.19. The summed E-state index contributed by atoms with van der Waals surface area (Å²) < 4.78 is 26.1. The number of hydrogen-bond acceptors (Lipinski definition) is 4. The van der Waals surface area contributed by atoms with Crippen molar-refractivity contribution in [1.29, 1.82) is 0 Å². The number of rotatable bonds is 10. The van der Waals surface area contributed by atoms with E-state index in [4.69, 9.17) is 11.6 Å². The fraction of sp³-hybridized carbons (Fsp3) is 0.391. The van der Waals surface area contributed by atoms with Crippen molar-refractivity contribution in [1.82, 2.24) is 10.2 Å². The number of nitrogens with one attached hydrogen (secondary N) is 1. The zero-order chi connectivity index (χ0) is 23.9. The van der Waals surface area contributed by atoms with E-state index in [1.165, 1.54) is 11.0 Å². The minimum atomic E-state index is -3.78. The Hall–Kier alpha value is -2.58. The molecule has 0 bridgehead atoms. The van der Waals surface area contributed by atoms with E-state index in [0.717, 1.165) is 28.1 Å². The van der Waals surface area contributed by atoms with E-state index < -0.39 is 28.5 Å². The zero-order valence-corrected chi connectivity index (χ0v) is 20.4. The minimum Gasteiger partial charge on any atom is -0.354 e. The van der Waals surface area contributed by atoms with Crippen LogP contribution in [0.4, 0.5) is 5.69 Å². The Morgan fingerprint density at radius 2 is 1.78 bits per heavy atom. The van der Waals surface area contributed by atoms with Gasteiger partial charge in [-0.1, -0.05) is 54.9 Å². The van der Waals surface area contributed by atoms with E-state index in [9.17, 15) is 18.0 Å². The number of anilines is 1. The highest BCUT2D eigenvalue weighted by molar-refractivity contribution is 7.92. The van der Waals surface area contributed by atoms with Gasteiger partial charge in [-0.2, -0.15) is 0 Å². The normalized spacial score (nSPS) is 12.2. The third kappa shape index (κ3) is 6.97. The predicted molar refractivity (Wildman–Crippen MR) is 128 cm³/mol. The first-order valence-corrected chi connectivity index (χ1v) is 12.6. The van der Waals surface area contributed by atoms with E-state index in [0.29, 0.717) is 17.3 Å². The molecule has 0 aromatic heterocycles. The number of halogens is 1. The van der Waals surface area contributed by atoms with Gasteiger partial charge < -0.3 is 10.2 Å². The second kappa shape index (κ2) is 11.3. The number of hydrogen-bond donors (Lipinski definition) is 1. The average Bonchev–Trinajstić information content (AvgIpc) is 2.75. The second-order valence-electron chi connectivity index (χ2n) is 7.68. The third-order valence-electron chi connectivity index (χ3n) is 5.03. The van der Waals surface area contributed by atoms with Crippen LogP contribution >= 0.6 is 11.6 Å². The van der Waals surface area contributed by atoms with Crippen LogP contribution in [0, 0.1) is 6.92 Å². The Bertz CT molecular complexity index is 1040. The quantitative estimate of drug-likeness (QED) is 0.566. The van der Waals surface area contributed by atoms with Crippen molar-refractivity contribution in [3.05, 3.63) is 64.7 Å². The monoisotopic (exact) mass is 479 g/mol. The zero-order valence-electron chi connectivity index (χ0n) is 18.8. The molecule has 0 aliphatic heterocycles. The van der Waals surface area contributed by atoms with Gasteiger partial charge in [-0.15, -0.1) is 0 Å². The third-order valence-corrected chi connectivity index (χ3v) is 6.58. The second-order valence-corrected chi connectivity index (χ2v) is 9.99. The topological polar surface area (TPSA) is 86.8 Å². The van der Waals surface area contributed by atoms with Crippen molar-refractivity contribution >= 4 is 39.1 Å². The van der Waals surface area contributed by atoms with Gasteiger partial charge >= 0.3 is 0 Å². The van der Waals surface area contributed by atoms with Gasteiger partial charge in [0.2, 0.25) is 21.8 Å². The molecule has 32 heavy (non-hydrogen) atoms. The highest BCUT2D eigenvalue weighted by atomic mass is 35.5. The largest absolute Gasteiger partial charge is 0.354 e. The lowest BCUT2D eigenvalue weighted by atomic mass is 10.1. The molecule has 0 heterocycles. The molecule has 0 radical (unpaired) electrons. The maximum absolute atomic E-state index is 13.4. The molecule has 0 unspecified atom stereocenters. The first-order chi connectivity index (χ1) is 15.0. The molecule has 2 rings (SSSR count). The molecule has 1 atom stereocenters. The Balaban J connectivity index is 2.36. The van der Waals surface area contributed by atoms with Crippen molar-refractivity contribution < 1.29 is 18.0 Å². The molecule has 2 amide bonds. The van der Waals surface area contributed by atoms with Crippen LogP contribution < -0.4 is 9.62 Å². The van der Waals surface area contributed by atoms with Crippen molar-refractivity contribution in [2.24, 2.45) is 0 Å². The predicted octanol–water partition coefficient (Wildman–Crippen LogP) is 3.36. The standard InChI is InChI=1S/C23H30ClN3O4S/c1-5-13-25-23(29)18(3)26(15-19-9-7-6-8-10-19)22(28)16-27(32(4,30)31)20-12-11-17(2)21(24)14-20/h6-12,14,18H,5,13,15-16H2,1-4H3,(H,25,29)/t18-/m1/s1. The van der Waals surface area contributed by atoms with E-state index in [2.05, 4.69) is 5.32 Å². The minimum absolute atomic E-state index is 0.173. The van der Waals surface area contributed by atoms with Crippen molar-refractivity contribution in [3.63, 3.8) is 0 Å². The molecule has 9 heteroatoms. The summed E-state index contributed by atoms with van der Waals surface area (Å²) in [4.78, 5) is 27.4. The molecule has 0 aliphatic carbocycles. The summed E-state index contributed by atoms with van der Waals surface area (Å²) in [6.45, 7) is 5.60. The molecule has 0 saturated heterocycles. The number of sulfonamides is 1. The number of carbonyl (C=O) groups is 2. The molecular formula is C23H30ClN3O4S. The first kappa shape index (κ1) is 25.7. The lowest BCUT2D eigenvalue weighted by Gasteiger charge is -2.31. The number of amides is 2. The van der Waals surface area contributed by atoms with Gasteiger partial charge in [0.1, 0.15) is 12.6 Å². The molecule has 0 fully saturated rings. The Kier molecular flexibility index (Phi) is 9.09. The Labute approximate surface area is 195 Å². The van der Waals surface area contributed by atoms with Crippen molar-refractivity contribution in [2.75, 3.05) is 23.7 Å². The van der Waals surface area contributed by atoms with Crippen molar-refractivity contribution in [2.45, 2.75) is 39.8 Å². The number of carbonyl (C=O) groups excluding carboxylic acids is 2. The number of aryl methyl sites for hydroxylation is 1. The first-order valence-electron chi connectivity index (χ1n) is 10.4. The molecule has 7 nitrogen and oxygen atoms in total. The van der Waals surface area contributed by atoms with Gasteiger partial charge in [-0.3, -0.25) is 13.9 Å². The van der Waals surface area contributed by atoms with E-state index in [1.54, 1.807) is 26.0 Å². The summed E-state index contributed by atoms with van der Waals surface area (Å²) in [5, 5.41) is 3.20. The van der Waals surface area contributed by atoms with Crippen LogP contribution in [-0.4, -0.2) is 50.5 Å². The van der Waals surface area contributed by atoms with Crippen LogP contribution in [0.15, 0.2) is 48.5 Å². The van der Waals surface area contributed by atoms with Gasteiger partial charge in [0.25, 0.3) is 0 Å². The lowest BCUT2D eigenvalue weighted by Crippen LogP contribution is -2.51.